The van der Waals surface area contributed by atoms with Crippen LogP contribution in [0.3, 0.4) is 0 Å². The van der Waals surface area contributed by atoms with Crippen molar-refractivity contribution in [3.05, 3.63) is 29.8 Å². The topological polar surface area (TPSA) is 55.8 Å². The number of para-hydroxylation sites is 1. The van der Waals surface area contributed by atoms with E-state index in [2.05, 4.69) is 4.90 Å². The summed E-state index contributed by atoms with van der Waals surface area (Å²) >= 11 is 0. The van der Waals surface area contributed by atoms with Gasteiger partial charge in [0.1, 0.15) is 11.8 Å². The van der Waals surface area contributed by atoms with Crippen LogP contribution < -0.4 is 4.74 Å². The molecule has 1 aliphatic heterocycles. The Morgan fingerprint density at radius 1 is 1.33 bits per heavy atom. The average molecular weight is 291 g/mol. The molecule has 0 spiro atoms. The molecule has 1 aromatic rings. The summed E-state index contributed by atoms with van der Waals surface area (Å²) in [5, 5.41) is 0. The lowest BCUT2D eigenvalue weighted by Crippen LogP contribution is -2.36. The number of ether oxygens (including phenoxy) is 2. The molecule has 21 heavy (non-hydrogen) atoms. The Balaban J connectivity index is 2.10. The minimum absolute atomic E-state index is 0.167. The number of nitrogens with zero attached hydrogens (tertiary/aromatic N) is 1. The van der Waals surface area contributed by atoms with Gasteiger partial charge >= 0.3 is 11.9 Å². The van der Waals surface area contributed by atoms with Crippen molar-refractivity contribution >= 4 is 11.9 Å². The first-order valence-corrected chi connectivity index (χ1v) is 7.28. The number of likely N-dealkylation sites (tertiary alicyclic amines) is 1. The van der Waals surface area contributed by atoms with Gasteiger partial charge in [0.05, 0.1) is 6.61 Å². The van der Waals surface area contributed by atoms with Crippen LogP contribution in [0.1, 0.15) is 32.3 Å². The Hall–Kier alpha value is -1.88. The number of hydrogen-bond donors (Lipinski definition) is 0. The third-order valence-electron chi connectivity index (χ3n) is 3.52. The summed E-state index contributed by atoms with van der Waals surface area (Å²) in [5.74, 6) is 0.0466. The fraction of sp³-hybridized carbons (Fsp3) is 0.500. The molecule has 2 rings (SSSR count). The van der Waals surface area contributed by atoms with Crippen molar-refractivity contribution in [2.45, 2.75) is 39.3 Å². The lowest BCUT2D eigenvalue weighted by molar-refractivity contribution is -0.148. The van der Waals surface area contributed by atoms with E-state index < -0.39 is 0 Å². The third kappa shape index (κ3) is 4.04. The molecule has 0 aromatic heterocycles. The van der Waals surface area contributed by atoms with Crippen molar-refractivity contribution in [2.75, 3.05) is 13.2 Å². The average Bonchev–Trinajstić information content (AvgIpc) is 2.89. The third-order valence-corrected chi connectivity index (χ3v) is 3.52. The van der Waals surface area contributed by atoms with E-state index in [0.29, 0.717) is 18.9 Å². The van der Waals surface area contributed by atoms with Gasteiger partial charge in [-0.1, -0.05) is 18.2 Å². The van der Waals surface area contributed by atoms with Crippen LogP contribution in [-0.4, -0.2) is 36.0 Å². The SMILES string of the molecule is CCOC(=O)C1CCCN1Cc1ccccc1OC(C)=O. The molecule has 1 aliphatic rings. The fourth-order valence-electron chi connectivity index (χ4n) is 2.63. The highest BCUT2D eigenvalue weighted by Crippen LogP contribution is 2.25. The second kappa shape index (κ2) is 7.22. The largest absolute Gasteiger partial charge is 0.465 e. The van der Waals surface area contributed by atoms with Gasteiger partial charge in [0.15, 0.2) is 0 Å². The second-order valence-electron chi connectivity index (χ2n) is 5.08. The van der Waals surface area contributed by atoms with Crippen LogP contribution in [0.2, 0.25) is 0 Å². The Kier molecular flexibility index (Phi) is 5.33. The highest BCUT2D eigenvalue weighted by molar-refractivity contribution is 5.76. The van der Waals surface area contributed by atoms with Crippen LogP contribution >= 0.6 is 0 Å². The highest BCUT2D eigenvalue weighted by Gasteiger charge is 2.32. The number of rotatable bonds is 5. The summed E-state index contributed by atoms with van der Waals surface area (Å²) < 4.78 is 10.3. The molecule has 5 nitrogen and oxygen atoms in total. The standard InChI is InChI=1S/C16H21NO4/c1-3-20-16(19)14-8-6-10-17(14)11-13-7-4-5-9-15(13)21-12(2)18/h4-5,7,9,14H,3,6,8,10-11H2,1-2H3. The maximum Gasteiger partial charge on any atom is 0.323 e. The summed E-state index contributed by atoms with van der Waals surface area (Å²) in [5.41, 5.74) is 0.906. The van der Waals surface area contributed by atoms with Crippen LogP contribution in [0.25, 0.3) is 0 Å². The summed E-state index contributed by atoms with van der Waals surface area (Å²) in [7, 11) is 0. The zero-order chi connectivity index (χ0) is 15.2. The van der Waals surface area contributed by atoms with E-state index in [0.717, 1.165) is 24.9 Å². The molecular formula is C16H21NO4. The monoisotopic (exact) mass is 291 g/mol. The molecule has 0 saturated carbocycles. The molecule has 5 heteroatoms. The van der Waals surface area contributed by atoms with Crippen LogP contribution in [0.5, 0.6) is 5.75 Å². The molecule has 1 fully saturated rings. The van der Waals surface area contributed by atoms with Gasteiger partial charge in [0.25, 0.3) is 0 Å². The number of esters is 2. The van der Waals surface area contributed by atoms with Crippen LogP contribution in [-0.2, 0) is 20.9 Å². The van der Waals surface area contributed by atoms with E-state index in [1.165, 1.54) is 6.92 Å². The van der Waals surface area contributed by atoms with E-state index in [9.17, 15) is 9.59 Å². The lowest BCUT2D eigenvalue weighted by atomic mass is 10.1. The predicted molar refractivity (Wildman–Crippen MR) is 77.8 cm³/mol. The Morgan fingerprint density at radius 2 is 2.10 bits per heavy atom. The second-order valence-corrected chi connectivity index (χ2v) is 5.08. The van der Waals surface area contributed by atoms with Gasteiger partial charge in [-0.25, -0.2) is 0 Å². The number of carbonyl (C=O) groups excluding carboxylic acids is 2. The van der Waals surface area contributed by atoms with Gasteiger partial charge in [-0.05, 0) is 32.4 Å². The van der Waals surface area contributed by atoms with Crippen LogP contribution in [0.4, 0.5) is 0 Å². The molecular weight excluding hydrogens is 270 g/mol. The normalized spacial score (nSPS) is 18.5. The molecule has 0 radical (unpaired) electrons. The molecule has 1 saturated heterocycles. The number of carbonyl (C=O) groups is 2. The van der Waals surface area contributed by atoms with E-state index in [1.807, 2.05) is 25.1 Å². The molecule has 0 aliphatic carbocycles. The van der Waals surface area contributed by atoms with Crippen LogP contribution in [0, 0.1) is 0 Å². The molecule has 1 atom stereocenters. The minimum Gasteiger partial charge on any atom is -0.465 e. The fourth-order valence-corrected chi connectivity index (χ4v) is 2.63. The van der Waals surface area contributed by atoms with Crippen molar-refractivity contribution in [3.8, 4) is 5.75 Å². The first-order chi connectivity index (χ1) is 10.1. The predicted octanol–water partition coefficient (Wildman–Crippen LogP) is 2.14. The quantitative estimate of drug-likeness (QED) is 0.614. The summed E-state index contributed by atoms with van der Waals surface area (Å²) in [6.07, 6.45) is 1.79. The highest BCUT2D eigenvalue weighted by atomic mass is 16.5. The maximum absolute atomic E-state index is 12.0. The van der Waals surface area contributed by atoms with Gasteiger partial charge in [-0.3, -0.25) is 14.5 Å². The first kappa shape index (κ1) is 15.5. The summed E-state index contributed by atoms with van der Waals surface area (Å²) in [6, 6.07) is 7.22. The number of benzene rings is 1. The zero-order valence-corrected chi connectivity index (χ0v) is 12.5. The Morgan fingerprint density at radius 3 is 2.81 bits per heavy atom. The minimum atomic E-state index is -0.342. The first-order valence-electron chi connectivity index (χ1n) is 7.28. The van der Waals surface area contributed by atoms with Gasteiger partial charge in [0, 0.05) is 19.0 Å². The van der Waals surface area contributed by atoms with E-state index in [1.54, 1.807) is 6.07 Å². The molecule has 114 valence electrons. The molecule has 0 N–H and O–H groups in total. The zero-order valence-electron chi connectivity index (χ0n) is 12.5. The van der Waals surface area contributed by atoms with Gasteiger partial charge < -0.3 is 9.47 Å². The molecule has 0 bridgehead atoms. The van der Waals surface area contributed by atoms with Crippen molar-refractivity contribution < 1.29 is 19.1 Å². The van der Waals surface area contributed by atoms with Gasteiger partial charge in [0.2, 0.25) is 0 Å². The maximum atomic E-state index is 12.0. The Labute approximate surface area is 124 Å². The lowest BCUT2D eigenvalue weighted by Gasteiger charge is -2.23. The summed E-state index contributed by atoms with van der Waals surface area (Å²) in [6.45, 7) is 5.01. The number of hydrogen-bond acceptors (Lipinski definition) is 5. The van der Waals surface area contributed by atoms with E-state index in [4.69, 9.17) is 9.47 Å². The van der Waals surface area contributed by atoms with Crippen molar-refractivity contribution in [1.29, 1.82) is 0 Å². The summed E-state index contributed by atoms with van der Waals surface area (Å²) in [4.78, 5) is 25.2. The molecule has 1 aromatic carbocycles. The van der Waals surface area contributed by atoms with Crippen molar-refractivity contribution in [3.63, 3.8) is 0 Å². The molecule has 1 unspecified atom stereocenters. The van der Waals surface area contributed by atoms with E-state index >= 15 is 0 Å². The van der Waals surface area contributed by atoms with Gasteiger partial charge in [-0.15, -0.1) is 0 Å². The Bertz CT molecular complexity index is 515. The molecule has 1 heterocycles. The van der Waals surface area contributed by atoms with Crippen molar-refractivity contribution in [2.24, 2.45) is 0 Å². The smallest absolute Gasteiger partial charge is 0.323 e. The van der Waals surface area contributed by atoms with E-state index in [-0.39, 0.29) is 18.0 Å². The van der Waals surface area contributed by atoms with Gasteiger partial charge in [-0.2, -0.15) is 0 Å². The molecule has 0 amide bonds. The van der Waals surface area contributed by atoms with Crippen molar-refractivity contribution in [1.82, 2.24) is 4.90 Å². The van der Waals surface area contributed by atoms with Crippen LogP contribution in [0.15, 0.2) is 24.3 Å².